The van der Waals surface area contributed by atoms with Gasteiger partial charge in [0.1, 0.15) is 0 Å². The predicted octanol–water partition coefficient (Wildman–Crippen LogP) is 0.758. The molecule has 1 aromatic carbocycles. The van der Waals surface area contributed by atoms with Gasteiger partial charge in [-0.2, -0.15) is 0 Å². The molecule has 5 heteroatoms. The second-order valence-electron chi connectivity index (χ2n) is 4.28. The smallest absolute Gasteiger partial charge is 0.178 e. The molecule has 1 aromatic rings. The maximum Gasteiger partial charge on any atom is 0.178 e. The van der Waals surface area contributed by atoms with E-state index in [1.54, 1.807) is 24.3 Å². The second kappa shape index (κ2) is 5.62. The van der Waals surface area contributed by atoms with Gasteiger partial charge in [0.05, 0.1) is 16.8 Å². The molecule has 2 N–H and O–H groups in total. The minimum absolute atomic E-state index is 0.224. The van der Waals surface area contributed by atoms with Crippen molar-refractivity contribution in [2.24, 2.45) is 5.92 Å². The molecule has 0 amide bonds. The normalized spacial score (nSPS) is 15.5. The first-order valence-electron chi connectivity index (χ1n) is 5.45. The zero-order valence-electron chi connectivity index (χ0n) is 10.00. The Hall–Kier alpha value is -0.910. The fourth-order valence-corrected chi connectivity index (χ4v) is 3.16. The van der Waals surface area contributed by atoms with Gasteiger partial charge in [-0.3, -0.25) is 0 Å². The molecule has 1 rings (SSSR count). The van der Waals surface area contributed by atoms with Gasteiger partial charge in [-0.25, -0.2) is 8.42 Å². The highest BCUT2D eigenvalue weighted by Gasteiger charge is 2.23. The summed E-state index contributed by atoms with van der Waals surface area (Å²) in [5, 5.41) is 18.4. The monoisotopic (exact) mass is 258 g/mol. The summed E-state index contributed by atoms with van der Waals surface area (Å²) in [6.07, 6.45) is -0.847. The van der Waals surface area contributed by atoms with Gasteiger partial charge in [0.2, 0.25) is 0 Å². The molecule has 17 heavy (non-hydrogen) atoms. The lowest BCUT2D eigenvalue weighted by Gasteiger charge is -2.17. The number of sulfone groups is 1. The van der Waals surface area contributed by atoms with E-state index in [4.69, 9.17) is 5.11 Å². The van der Waals surface area contributed by atoms with Gasteiger partial charge in [0.15, 0.2) is 9.84 Å². The summed E-state index contributed by atoms with van der Waals surface area (Å²) in [6.45, 7) is 3.01. The minimum atomic E-state index is -3.45. The van der Waals surface area contributed by atoms with Gasteiger partial charge >= 0.3 is 0 Å². The summed E-state index contributed by atoms with van der Waals surface area (Å²) in [7, 11) is -3.45. The van der Waals surface area contributed by atoms with Gasteiger partial charge in [0, 0.05) is 12.5 Å². The quantitative estimate of drug-likeness (QED) is 0.817. The average molecular weight is 258 g/mol. The van der Waals surface area contributed by atoms with Gasteiger partial charge in [-0.1, -0.05) is 17.7 Å². The maximum absolute atomic E-state index is 12.0. The fraction of sp³-hybridized carbons (Fsp3) is 0.500. The Bertz CT molecular complexity index is 448. The first kappa shape index (κ1) is 14.2. The molecule has 0 aliphatic carbocycles. The largest absolute Gasteiger partial charge is 0.396 e. The van der Waals surface area contributed by atoms with E-state index in [0.717, 1.165) is 5.56 Å². The van der Waals surface area contributed by atoms with Gasteiger partial charge in [0.25, 0.3) is 0 Å². The van der Waals surface area contributed by atoms with Crippen LogP contribution in [0.2, 0.25) is 0 Å². The standard InChI is InChI=1S/C12H18O4S/c1-9-3-5-12(6-4-9)17(15,16)8-11(7-13)10(2)14/h3-6,10-11,13-14H,7-8H2,1-2H3/t10-,11-/m1/s1. The van der Waals surface area contributed by atoms with E-state index >= 15 is 0 Å². The van der Waals surface area contributed by atoms with E-state index in [-0.39, 0.29) is 17.3 Å². The maximum atomic E-state index is 12.0. The molecule has 0 aromatic heterocycles. The number of aryl methyl sites for hydroxylation is 1. The molecule has 0 fully saturated rings. The predicted molar refractivity (Wildman–Crippen MR) is 65.5 cm³/mol. The Balaban J connectivity index is 2.92. The lowest BCUT2D eigenvalue weighted by Crippen LogP contribution is -2.28. The summed E-state index contributed by atoms with van der Waals surface area (Å²) in [4.78, 5) is 0.224. The number of benzene rings is 1. The Morgan fingerprint density at radius 2 is 1.76 bits per heavy atom. The Labute approximate surface area is 102 Å². The van der Waals surface area contributed by atoms with Gasteiger partial charge in [-0.15, -0.1) is 0 Å². The Morgan fingerprint density at radius 3 is 2.18 bits per heavy atom. The minimum Gasteiger partial charge on any atom is -0.396 e. The first-order valence-corrected chi connectivity index (χ1v) is 7.10. The first-order chi connectivity index (χ1) is 7.86. The van der Waals surface area contributed by atoms with Crippen LogP contribution in [0, 0.1) is 12.8 Å². The molecule has 2 atom stereocenters. The van der Waals surface area contributed by atoms with E-state index in [1.165, 1.54) is 6.92 Å². The molecule has 4 nitrogen and oxygen atoms in total. The number of hydrogen-bond acceptors (Lipinski definition) is 4. The van der Waals surface area contributed by atoms with Crippen LogP contribution in [0.1, 0.15) is 12.5 Å². The van der Waals surface area contributed by atoms with Crippen LogP contribution >= 0.6 is 0 Å². The van der Waals surface area contributed by atoms with Crippen LogP contribution in [-0.4, -0.2) is 37.1 Å². The number of aliphatic hydroxyl groups excluding tert-OH is 2. The van der Waals surface area contributed by atoms with Gasteiger partial charge in [-0.05, 0) is 26.0 Å². The molecular formula is C12H18O4S. The Kier molecular flexibility index (Phi) is 4.68. The SMILES string of the molecule is Cc1ccc(S(=O)(=O)C[C@@H](CO)[C@@H](C)O)cc1. The third kappa shape index (κ3) is 3.80. The van der Waals surface area contributed by atoms with Crippen molar-refractivity contribution in [3.8, 4) is 0 Å². The molecule has 96 valence electrons. The van der Waals surface area contributed by atoms with Crippen LogP contribution in [0.25, 0.3) is 0 Å². The third-order valence-electron chi connectivity index (χ3n) is 2.73. The van der Waals surface area contributed by atoms with Crippen LogP contribution in [0.4, 0.5) is 0 Å². The second-order valence-corrected chi connectivity index (χ2v) is 6.31. The number of aliphatic hydroxyl groups is 2. The van der Waals surface area contributed by atoms with Crippen molar-refractivity contribution >= 4 is 9.84 Å². The highest BCUT2D eigenvalue weighted by molar-refractivity contribution is 7.91. The summed E-state index contributed by atoms with van der Waals surface area (Å²) in [5.74, 6) is -0.897. The molecule has 0 radical (unpaired) electrons. The van der Waals surface area contributed by atoms with Crippen LogP contribution in [0.15, 0.2) is 29.2 Å². The van der Waals surface area contributed by atoms with Gasteiger partial charge < -0.3 is 10.2 Å². The lowest BCUT2D eigenvalue weighted by molar-refractivity contribution is 0.0928. The third-order valence-corrected chi connectivity index (χ3v) is 4.59. The number of rotatable bonds is 5. The summed E-state index contributed by atoms with van der Waals surface area (Å²) < 4.78 is 24.0. The van der Waals surface area contributed by atoms with Crippen LogP contribution in [0.5, 0.6) is 0 Å². The summed E-state index contributed by atoms with van der Waals surface area (Å²) in [5.41, 5.74) is 0.984. The summed E-state index contributed by atoms with van der Waals surface area (Å²) in [6, 6.07) is 6.54. The number of hydrogen-bond donors (Lipinski definition) is 2. The lowest BCUT2D eigenvalue weighted by atomic mass is 10.1. The summed E-state index contributed by atoms with van der Waals surface area (Å²) >= 11 is 0. The molecule has 0 bridgehead atoms. The van der Waals surface area contributed by atoms with Crippen LogP contribution in [0.3, 0.4) is 0 Å². The van der Waals surface area contributed by atoms with Crippen LogP contribution < -0.4 is 0 Å². The van der Waals surface area contributed by atoms with E-state index in [0.29, 0.717) is 0 Å². The Morgan fingerprint density at radius 1 is 1.24 bits per heavy atom. The molecule has 0 aliphatic heterocycles. The van der Waals surface area contributed by atoms with Crippen molar-refractivity contribution in [1.29, 1.82) is 0 Å². The van der Waals surface area contributed by atoms with E-state index in [2.05, 4.69) is 0 Å². The molecule has 0 heterocycles. The zero-order chi connectivity index (χ0) is 13.1. The molecule has 0 saturated carbocycles. The molecule has 0 spiro atoms. The average Bonchev–Trinajstić information content (AvgIpc) is 2.26. The van der Waals surface area contributed by atoms with E-state index < -0.39 is 21.9 Å². The molecule has 0 saturated heterocycles. The highest BCUT2D eigenvalue weighted by Crippen LogP contribution is 2.16. The van der Waals surface area contributed by atoms with E-state index in [9.17, 15) is 13.5 Å². The zero-order valence-corrected chi connectivity index (χ0v) is 10.8. The topological polar surface area (TPSA) is 74.6 Å². The molecular weight excluding hydrogens is 240 g/mol. The van der Waals surface area contributed by atoms with Crippen LogP contribution in [-0.2, 0) is 9.84 Å². The van der Waals surface area contributed by atoms with Crippen molar-refractivity contribution in [1.82, 2.24) is 0 Å². The van der Waals surface area contributed by atoms with Crippen molar-refractivity contribution in [3.05, 3.63) is 29.8 Å². The van der Waals surface area contributed by atoms with Crippen molar-refractivity contribution in [2.75, 3.05) is 12.4 Å². The molecule has 0 unspecified atom stereocenters. The highest BCUT2D eigenvalue weighted by atomic mass is 32.2. The van der Waals surface area contributed by atoms with Crippen molar-refractivity contribution in [3.63, 3.8) is 0 Å². The van der Waals surface area contributed by atoms with Crippen molar-refractivity contribution < 1.29 is 18.6 Å². The molecule has 0 aliphatic rings. The van der Waals surface area contributed by atoms with Crippen molar-refractivity contribution in [2.45, 2.75) is 24.8 Å². The van der Waals surface area contributed by atoms with E-state index in [1.807, 2.05) is 6.92 Å². The fourth-order valence-electron chi connectivity index (χ4n) is 1.47.